The van der Waals surface area contributed by atoms with Gasteiger partial charge in [0.05, 0.1) is 0 Å². The highest BCUT2D eigenvalue weighted by molar-refractivity contribution is 5.97. The summed E-state index contributed by atoms with van der Waals surface area (Å²) in [7, 11) is 0. The molecule has 0 bridgehead atoms. The van der Waals surface area contributed by atoms with Gasteiger partial charge in [0.15, 0.2) is 0 Å². The van der Waals surface area contributed by atoms with Crippen LogP contribution in [0.3, 0.4) is 0 Å². The molecule has 0 aromatic rings. The molecule has 1 aliphatic carbocycles. The molecule has 1 heteroatoms. The van der Waals surface area contributed by atoms with Crippen molar-refractivity contribution in [2.45, 2.75) is 58.3 Å². The lowest BCUT2D eigenvalue weighted by Gasteiger charge is -2.08. The van der Waals surface area contributed by atoms with Gasteiger partial charge in [-0.15, -0.1) is 0 Å². The van der Waals surface area contributed by atoms with E-state index in [1.165, 1.54) is 44.1 Å². The molecule has 0 atom stereocenters. The molecular weight excluding hydrogens is 194 g/mol. The van der Waals surface area contributed by atoms with Crippen LogP contribution in [0.15, 0.2) is 24.3 Å². The molecule has 1 fully saturated rings. The lowest BCUT2D eigenvalue weighted by Crippen LogP contribution is -2.02. The third-order valence-corrected chi connectivity index (χ3v) is 3.26. The Bertz CT molecular complexity index is 259. The van der Waals surface area contributed by atoms with E-state index in [1.807, 2.05) is 12.2 Å². The Kier molecular flexibility index (Phi) is 6.14. The molecule has 0 aromatic carbocycles. The Morgan fingerprint density at radius 3 is 2.62 bits per heavy atom. The van der Waals surface area contributed by atoms with Crippen LogP contribution in [0.4, 0.5) is 0 Å². The van der Waals surface area contributed by atoms with Crippen LogP contribution in [-0.4, -0.2) is 5.71 Å². The Balaban J connectivity index is 2.31. The molecule has 0 aromatic heterocycles. The number of allylic oxidation sites excluding steroid dienone is 3. The first-order valence-electron chi connectivity index (χ1n) is 6.67. The molecule has 1 N–H and O–H groups in total. The van der Waals surface area contributed by atoms with E-state index in [9.17, 15) is 0 Å². The maximum absolute atomic E-state index is 8.09. The van der Waals surface area contributed by atoms with Crippen LogP contribution < -0.4 is 0 Å². The maximum atomic E-state index is 8.09. The minimum atomic E-state index is 0.850. The van der Waals surface area contributed by atoms with E-state index >= 15 is 0 Å². The second kappa shape index (κ2) is 7.43. The van der Waals surface area contributed by atoms with Gasteiger partial charge in [0.1, 0.15) is 0 Å². The zero-order valence-electron chi connectivity index (χ0n) is 10.6. The van der Waals surface area contributed by atoms with Crippen molar-refractivity contribution >= 4 is 5.71 Å². The molecule has 1 aliphatic rings. The third-order valence-electron chi connectivity index (χ3n) is 3.26. The third kappa shape index (κ3) is 5.29. The number of nitrogens with one attached hydrogen (secondary N) is 1. The van der Waals surface area contributed by atoms with Crippen LogP contribution in [0.25, 0.3) is 0 Å². The normalized spacial score (nSPS) is 16.2. The highest BCUT2D eigenvalue weighted by Gasteiger charge is 2.21. The van der Waals surface area contributed by atoms with Gasteiger partial charge in [-0.1, -0.05) is 51.3 Å². The minimum Gasteiger partial charge on any atom is -0.305 e. The van der Waals surface area contributed by atoms with E-state index in [1.54, 1.807) is 0 Å². The lowest BCUT2D eigenvalue weighted by molar-refractivity contribution is 0.714. The molecule has 1 rings (SSSR count). The summed E-state index contributed by atoms with van der Waals surface area (Å²) in [4.78, 5) is 0. The molecule has 0 spiro atoms. The highest BCUT2D eigenvalue weighted by Crippen LogP contribution is 2.34. The van der Waals surface area contributed by atoms with Crippen molar-refractivity contribution in [2.75, 3.05) is 0 Å². The zero-order chi connectivity index (χ0) is 11.8. The first-order valence-corrected chi connectivity index (χ1v) is 6.67. The van der Waals surface area contributed by atoms with Crippen molar-refractivity contribution in [2.24, 2.45) is 5.92 Å². The molecule has 1 saturated carbocycles. The van der Waals surface area contributed by atoms with Gasteiger partial charge in [0.25, 0.3) is 0 Å². The number of rotatable bonds is 9. The summed E-state index contributed by atoms with van der Waals surface area (Å²) in [6, 6.07) is 0. The molecule has 16 heavy (non-hydrogen) atoms. The second-order valence-corrected chi connectivity index (χ2v) is 4.85. The molecule has 0 unspecified atom stereocenters. The summed E-state index contributed by atoms with van der Waals surface area (Å²) in [5.74, 6) is 0.931. The van der Waals surface area contributed by atoms with Crippen molar-refractivity contribution in [3.63, 3.8) is 0 Å². The van der Waals surface area contributed by atoms with Gasteiger partial charge >= 0.3 is 0 Å². The maximum Gasteiger partial charge on any atom is 0.0345 e. The second-order valence-electron chi connectivity index (χ2n) is 4.85. The Hall–Kier alpha value is -0.850. The standard InChI is InChI=1S/C15H25N/c1-3-5-6-8-14(7-4-2)15(16)12-11-13-9-10-13/h4,7,13,16H,2-3,5-6,8-12H2,1H3. The lowest BCUT2D eigenvalue weighted by atomic mass is 9.98. The fraction of sp³-hybridized carbons (Fsp3) is 0.667. The SMILES string of the molecule is C=CC=C(CCCCC)C(=N)CCC1CC1. The smallest absolute Gasteiger partial charge is 0.0345 e. The quantitative estimate of drug-likeness (QED) is 0.324. The topological polar surface area (TPSA) is 23.9 Å². The predicted molar refractivity (Wildman–Crippen MR) is 72.1 cm³/mol. The van der Waals surface area contributed by atoms with Gasteiger partial charge < -0.3 is 5.41 Å². The average molecular weight is 219 g/mol. The zero-order valence-corrected chi connectivity index (χ0v) is 10.6. The van der Waals surface area contributed by atoms with E-state index < -0.39 is 0 Å². The van der Waals surface area contributed by atoms with Gasteiger partial charge in [-0.05, 0) is 37.2 Å². The summed E-state index contributed by atoms with van der Waals surface area (Å²) in [5, 5.41) is 8.09. The fourth-order valence-electron chi connectivity index (χ4n) is 1.96. The monoisotopic (exact) mass is 219 g/mol. The number of hydrogen-bond donors (Lipinski definition) is 1. The first-order chi connectivity index (χ1) is 7.77. The summed E-state index contributed by atoms with van der Waals surface area (Å²) in [6.07, 6.45) is 13.6. The fourth-order valence-corrected chi connectivity index (χ4v) is 1.96. The summed E-state index contributed by atoms with van der Waals surface area (Å²) in [6.45, 7) is 5.96. The van der Waals surface area contributed by atoms with Crippen LogP contribution in [0, 0.1) is 11.3 Å². The van der Waals surface area contributed by atoms with Crippen molar-refractivity contribution in [1.82, 2.24) is 0 Å². The number of unbranched alkanes of at least 4 members (excludes halogenated alkanes) is 2. The molecular formula is C15H25N. The molecule has 0 heterocycles. The molecule has 0 radical (unpaired) electrons. The van der Waals surface area contributed by atoms with E-state index in [4.69, 9.17) is 5.41 Å². The number of hydrogen-bond acceptors (Lipinski definition) is 1. The highest BCUT2D eigenvalue weighted by atomic mass is 14.4. The summed E-state index contributed by atoms with van der Waals surface area (Å²) < 4.78 is 0. The molecule has 0 saturated heterocycles. The van der Waals surface area contributed by atoms with Crippen LogP contribution >= 0.6 is 0 Å². The van der Waals surface area contributed by atoms with E-state index in [2.05, 4.69) is 13.5 Å². The molecule has 1 nitrogen and oxygen atoms in total. The van der Waals surface area contributed by atoms with E-state index in [0.717, 1.165) is 24.5 Å². The summed E-state index contributed by atoms with van der Waals surface area (Å²) >= 11 is 0. The van der Waals surface area contributed by atoms with Gasteiger partial charge in [-0.2, -0.15) is 0 Å². The van der Waals surface area contributed by atoms with Crippen molar-refractivity contribution in [1.29, 1.82) is 5.41 Å². The van der Waals surface area contributed by atoms with Crippen molar-refractivity contribution in [3.05, 3.63) is 24.3 Å². The average Bonchev–Trinajstić information content (AvgIpc) is 3.09. The van der Waals surface area contributed by atoms with E-state index in [0.29, 0.717) is 0 Å². The molecule has 0 amide bonds. The first kappa shape index (κ1) is 13.2. The van der Waals surface area contributed by atoms with E-state index in [-0.39, 0.29) is 0 Å². The molecule has 90 valence electrons. The predicted octanol–water partition coefficient (Wildman–Crippen LogP) is 4.89. The van der Waals surface area contributed by atoms with Gasteiger partial charge in [0, 0.05) is 5.71 Å². The Morgan fingerprint density at radius 2 is 2.06 bits per heavy atom. The van der Waals surface area contributed by atoms with Gasteiger partial charge in [-0.25, -0.2) is 0 Å². The molecule has 0 aliphatic heterocycles. The van der Waals surface area contributed by atoms with Gasteiger partial charge in [-0.3, -0.25) is 0 Å². The largest absolute Gasteiger partial charge is 0.305 e. The van der Waals surface area contributed by atoms with Crippen molar-refractivity contribution in [3.8, 4) is 0 Å². The van der Waals surface area contributed by atoms with Crippen molar-refractivity contribution < 1.29 is 0 Å². The summed E-state index contributed by atoms with van der Waals surface area (Å²) in [5.41, 5.74) is 2.06. The minimum absolute atomic E-state index is 0.850. The van der Waals surface area contributed by atoms with Crippen LogP contribution in [-0.2, 0) is 0 Å². The van der Waals surface area contributed by atoms with Gasteiger partial charge in [0.2, 0.25) is 0 Å². The Labute approximate surface area is 100 Å². The Morgan fingerprint density at radius 1 is 1.31 bits per heavy atom. The van der Waals surface area contributed by atoms with Crippen LogP contribution in [0.1, 0.15) is 58.3 Å². The van der Waals surface area contributed by atoms with Crippen LogP contribution in [0.2, 0.25) is 0 Å². The van der Waals surface area contributed by atoms with Crippen LogP contribution in [0.5, 0.6) is 0 Å².